The predicted molar refractivity (Wildman–Crippen MR) is 109 cm³/mol. The maximum absolute atomic E-state index is 12.9. The Bertz CT molecular complexity index is 678. The fourth-order valence-corrected chi connectivity index (χ4v) is 4.65. The lowest BCUT2D eigenvalue weighted by Gasteiger charge is -2.29. The van der Waals surface area contributed by atoms with Gasteiger partial charge in [0.25, 0.3) is 5.91 Å². The summed E-state index contributed by atoms with van der Waals surface area (Å²) in [6.45, 7) is 4.91. The lowest BCUT2D eigenvalue weighted by molar-refractivity contribution is -0.124. The monoisotopic (exact) mass is 375 g/mol. The van der Waals surface area contributed by atoms with E-state index in [1.807, 2.05) is 35.2 Å². The van der Waals surface area contributed by atoms with Crippen LogP contribution in [0.3, 0.4) is 0 Å². The quantitative estimate of drug-likeness (QED) is 0.519. The largest absolute Gasteiger partial charge is 0.493 e. The second kappa shape index (κ2) is 8.37. The van der Waals surface area contributed by atoms with Crippen molar-refractivity contribution in [1.82, 2.24) is 4.90 Å². The summed E-state index contributed by atoms with van der Waals surface area (Å²) in [7, 11) is 0. The van der Waals surface area contributed by atoms with Crippen LogP contribution < -0.4 is 4.74 Å². The van der Waals surface area contributed by atoms with Crippen molar-refractivity contribution < 1.29 is 9.53 Å². The van der Waals surface area contributed by atoms with Gasteiger partial charge in [0, 0.05) is 11.6 Å². The third-order valence-electron chi connectivity index (χ3n) is 4.54. The standard InChI is InChI=1S/C20H25NO2S2/c1-14(2)13-23-17-11-7-6-8-15(17)12-18-19(22)21(20(24)25-18)16-9-4-3-5-10-16/h6-8,11-12,14,16H,3-5,9-10,13H2,1-2H3/b18-12-. The fourth-order valence-electron chi connectivity index (χ4n) is 3.26. The van der Waals surface area contributed by atoms with Gasteiger partial charge < -0.3 is 4.74 Å². The summed E-state index contributed by atoms with van der Waals surface area (Å²) < 4.78 is 6.60. The number of para-hydroxylation sites is 1. The molecule has 1 aliphatic heterocycles. The first kappa shape index (κ1) is 18.5. The van der Waals surface area contributed by atoms with Gasteiger partial charge in [-0.1, -0.05) is 75.3 Å². The number of carbonyl (C=O) groups is 1. The molecule has 1 aromatic rings. The Balaban J connectivity index is 1.80. The van der Waals surface area contributed by atoms with E-state index in [2.05, 4.69) is 13.8 Å². The Morgan fingerprint density at radius 2 is 2.00 bits per heavy atom. The second-order valence-electron chi connectivity index (χ2n) is 7.09. The van der Waals surface area contributed by atoms with Gasteiger partial charge in [-0.05, 0) is 30.9 Å². The van der Waals surface area contributed by atoms with E-state index in [1.54, 1.807) is 0 Å². The van der Waals surface area contributed by atoms with Crippen molar-refractivity contribution in [1.29, 1.82) is 0 Å². The first-order valence-electron chi connectivity index (χ1n) is 9.05. The summed E-state index contributed by atoms with van der Waals surface area (Å²) in [6, 6.07) is 8.15. The molecule has 0 atom stereocenters. The second-order valence-corrected chi connectivity index (χ2v) is 8.76. The SMILES string of the molecule is CC(C)COc1ccccc1/C=C1\SC(=S)N(C2CCCCC2)C1=O. The van der Waals surface area contributed by atoms with Crippen molar-refractivity contribution >= 4 is 40.3 Å². The lowest BCUT2D eigenvalue weighted by atomic mass is 9.94. The molecule has 1 saturated carbocycles. The van der Waals surface area contributed by atoms with Crippen molar-refractivity contribution in [3.8, 4) is 5.75 Å². The van der Waals surface area contributed by atoms with Gasteiger partial charge in [-0.3, -0.25) is 9.69 Å². The molecule has 2 aliphatic rings. The molecule has 1 saturated heterocycles. The summed E-state index contributed by atoms with van der Waals surface area (Å²) >= 11 is 6.92. The van der Waals surface area contributed by atoms with E-state index in [0.29, 0.717) is 21.8 Å². The van der Waals surface area contributed by atoms with Gasteiger partial charge in [0.1, 0.15) is 10.1 Å². The minimum absolute atomic E-state index is 0.0561. The predicted octanol–water partition coefficient (Wildman–Crippen LogP) is 5.26. The van der Waals surface area contributed by atoms with Crippen LogP contribution in [0.2, 0.25) is 0 Å². The van der Waals surface area contributed by atoms with E-state index in [0.717, 1.165) is 24.2 Å². The van der Waals surface area contributed by atoms with E-state index in [-0.39, 0.29) is 11.9 Å². The molecule has 0 bridgehead atoms. The highest BCUT2D eigenvalue weighted by Crippen LogP contribution is 2.38. The number of carbonyl (C=O) groups excluding carboxylic acids is 1. The van der Waals surface area contributed by atoms with E-state index in [4.69, 9.17) is 17.0 Å². The van der Waals surface area contributed by atoms with Crippen molar-refractivity contribution in [3.63, 3.8) is 0 Å². The van der Waals surface area contributed by atoms with Gasteiger partial charge in [-0.2, -0.15) is 0 Å². The number of amides is 1. The average molecular weight is 376 g/mol. The maximum Gasteiger partial charge on any atom is 0.266 e. The number of hydrogen-bond acceptors (Lipinski definition) is 4. The smallest absolute Gasteiger partial charge is 0.266 e. The number of nitrogens with zero attached hydrogens (tertiary/aromatic N) is 1. The number of thioether (sulfide) groups is 1. The highest BCUT2D eigenvalue weighted by atomic mass is 32.2. The molecule has 5 heteroatoms. The van der Waals surface area contributed by atoms with Crippen LogP contribution in [-0.2, 0) is 4.79 Å². The highest BCUT2D eigenvalue weighted by Gasteiger charge is 2.37. The average Bonchev–Trinajstić information content (AvgIpc) is 2.88. The van der Waals surface area contributed by atoms with Gasteiger partial charge in [-0.25, -0.2) is 0 Å². The molecule has 0 N–H and O–H groups in total. The van der Waals surface area contributed by atoms with Crippen LogP contribution in [0.4, 0.5) is 0 Å². The van der Waals surface area contributed by atoms with Crippen molar-refractivity contribution in [2.75, 3.05) is 6.61 Å². The van der Waals surface area contributed by atoms with Gasteiger partial charge in [-0.15, -0.1) is 0 Å². The van der Waals surface area contributed by atoms with E-state index in [1.165, 1.54) is 31.0 Å². The Morgan fingerprint density at radius 1 is 1.28 bits per heavy atom. The topological polar surface area (TPSA) is 29.5 Å². The maximum atomic E-state index is 12.9. The first-order chi connectivity index (χ1) is 12.1. The van der Waals surface area contributed by atoms with Gasteiger partial charge >= 0.3 is 0 Å². The minimum atomic E-state index is 0.0561. The van der Waals surface area contributed by atoms with Crippen LogP contribution in [0.5, 0.6) is 5.75 Å². The van der Waals surface area contributed by atoms with E-state index >= 15 is 0 Å². The molecule has 1 heterocycles. The molecule has 0 aromatic heterocycles. The summed E-state index contributed by atoms with van der Waals surface area (Å²) in [6.07, 6.45) is 7.69. The Kier molecular flexibility index (Phi) is 6.18. The molecule has 25 heavy (non-hydrogen) atoms. The van der Waals surface area contributed by atoms with E-state index < -0.39 is 0 Å². The first-order valence-corrected chi connectivity index (χ1v) is 10.3. The summed E-state index contributed by atoms with van der Waals surface area (Å²) in [5.41, 5.74) is 0.937. The number of ether oxygens (including phenoxy) is 1. The normalized spacial score (nSPS) is 20.8. The minimum Gasteiger partial charge on any atom is -0.493 e. The molecular weight excluding hydrogens is 350 g/mol. The number of thiocarbonyl (C=S) groups is 1. The lowest BCUT2D eigenvalue weighted by Crippen LogP contribution is -2.39. The molecule has 3 nitrogen and oxygen atoms in total. The zero-order valence-electron chi connectivity index (χ0n) is 14.9. The molecular formula is C20H25NO2S2. The third kappa shape index (κ3) is 4.45. The Labute approximate surface area is 159 Å². The van der Waals surface area contributed by atoms with Crippen molar-refractivity contribution in [2.24, 2.45) is 5.92 Å². The van der Waals surface area contributed by atoms with Gasteiger partial charge in [0.05, 0.1) is 11.5 Å². The van der Waals surface area contributed by atoms with Crippen LogP contribution in [0.1, 0.15) is 51.5 Å². The van der Waals surface area contributed by atoms with Crippen molar-refractivity contribution in [2.45, 2.75) is 52.0 Å². The van der Waals surface area contributed by atoms with Crippen LogP contribution in [-0.4, -0.2) is 27.8 Å². The Morgan fingerprint density at radius 3 is 2.72 bits per heavy atom. The molecule has 0 radical (unpaired) electrons. The molecule has 134 valence electrons. The molecule has 3 rings (SSSR count). The Hall–Kier alpha value is -1.33. The molecule has 0 spiro atoms. The van der Waals surface area contributed by atoms with Crippen LogP contribution in [0.15, 0.2) is 29.2 Å². The van der Waals surface area contributed by atoms with Crippen LogP contribution >= 0.6 is 24.0 Å². The molecule has 2 fully saturated rings. The van der Waals surface area contributed by atoms with E-state index in [9.17, 15) is 4.79 Å². The van der Waals surface area contributed by atoms with Crippen LogP contribution in [0, 0.1) is 5.92 Å². The fraction of sp³-hybridized carbons (Fsp3) is 0.500. The summed E-state index contributed by atoms with van der Waals surface area (Å²) in [5, 5.41) is 0. The highest BCUT2D eigenvalue weighted by molar-refractivity contribution is 8.26. The van der Waals surface area contributed by atoms with Gasteiger partial charge in [0.15, 0.2) is 0 Å². The van der Waals surface area contributed by atoms with Crippen molar-refractivity contribution in [3.05, 3.63) is 34.7 Å². The van der Waals surface area contributed by atoms with Crippen LogP contribution in [0.25, 0.3) is 6.08 Å². The molecule has 1 aromatic carbocycles. The van der Waals surface area contributed by atoms with Gasteiger partial charge in [0.2, 0.25) is 0 Å². The third-order valence-corrected chi connectivity index (χ3v) is 5.87. The molecule has 0 unspecified atom stereocenters. The zero-order chi connectivity index (χ0) is 17.8. The zero-order valence-corrected chi connectivity index (χ0v) is 16.5. The number of rotatable bonds is 5. The summed E-state index contributed by atoms with van der Waals surface area (Å²) in [4.78, 5) is 15.5. The molecule has 1 aliphatic carbocycles. The number of benzene rings is 1. The number of hydrogen-bond donors (Lipinski definition) is 0. The molecule has 1 amide bonds. The summed E-state index contributed by atoms with van der Waals surface area (Å²) in [5.74, 6) is 1.33.